The second-order valence-electron chi connectivity index (χ2n) is 6.43. The summed E-state index contributed by atoms with van der Waals surface area (Å²) >= 11 is 0. The summed E-state index contributed by atoms with van der Waals surface area (Å²) in [4.78, 5) is 36.0. The average molecular weight is 404 g/mol. The van der Waals surface area contributed by atoms with Crippen LogP contribution in [0, 0.1) is 5.41 Å². The number of urea groups is 1. The van der Waals surface area contributed by atoms with Crippen molar-refractivity contribution in [3.05, 3.63) is 0 Å². The van der Waals surface area contributed by atoms with Gasteiger partial charge in [-0.2, -0.15) is 26.7 Å². The van der Waals surface area contributed by atoms with Crippen molar-refractivity contribution in [3.8, 4) is 0 Å². The molecule has 4 amide bonds. The highest BCUT2D eigenvalue weighted by molar-refractivity contribution is 7.80. The lowest BCUT2D eigenvalue weighted by molar-refractivity contribution is -0.175. The molecule has 3 N–H and O–H groups in total. The second-order valence-corrected chi connectivity index (χ2v) is 7.43. The molecule has 0 aliphatic carbocycles. The number of carbonyl (C=O) groups is 3. The van der Waals surface area contributed by atoms with Crippen LogP contribution in [0.1, 0.15) is 20.3 Å². The lowest BCUT2D eigenvalue weighted by atomic mass is 9.76. The summed E-state index contributed by atoms with van der Waals surface area (Å²) in [5.74, 6) is -3.50. The van der Waals surface area contributed by atoms with E-state index in [1.54, 1.807) is 19.3 Å². The molecule has 2 rings (SSSR count). The van der Waals surface area contributed by atoms with Gasteiger partial charge in [0, 0.05) is 6.54 Å². The van der Waals surface area contributed by atoms with Crippen LogP contribution in [0.2, 0.25) is 0 Å². The van der Waals surface area contributed by atoms with Crippen LogP contribution in [0.15, 0.2) is 0 Å². The third kappa shape index (κ3) is 3.99. The van der Waals surface area contributed by atoms with E-state index >= 15 is 0 Å². The van der Waals surface area contributed by atoms with Gasteiger partial charge in [-0.1, -0.05) is 13.8 Å². The maximum atomic E-state index is 12.3. The number of alkyl halides is 3. The van der Waals surface area contributed by atoms with Crippen LogP contribution in [0.3, 0.4) is 0 Å². The smallest absolute Gasteiger partial charge is 0.309 e. The molecule has 2 heterocycles. The Kier molecular flexibility index (Phi) is 4.84. The molecule has 0 unspecified atom stereocenters. The van der Waals surface area contributed by atoms with Gasteiger partial charge in [-0.15, -0.1) is 4.28 Å². The van der Waals surface area contributed by atoms with Gasteiger partial charge in [-0.25, -0.2) is 4.79 Å². The number of piperidine rings is 1. The van der Waals surface area contributed by atoms with E-state index in [0.29, 0.717) is 5.06 Å². The third-order valence-corrected chi connectivity index (χ3v) is 4.47. The first-order chi connectivity index (χ1) is 11.6. The Morgan fingerprint density at radius 2 is 1.88 bits per heavy atom. The van der Waals surface area contributed by atoms with Gasteiger partial charge in [0.05, 0.1) is 6.04 Å². The predicted molar refractivity (Wildman–Crippen MR) is 74.9 cm³/mol. The molecular formula is C11H15F3N4O7S. The molecule has 0 aromatic carbocycles. The molecule has 2 fully saturated rings. The number of amides is 4. The highest BCUT2D eigenvalue weighted by Crippen LogP contribution is 2.42. The molecule has 0 radical (unpaired) electrons. The number of hydrazine groups is 1. The predicted octanol–water partition coefficient (Wildman–Crippen LogP) is -0.665. The molecule has 2 aliphatic rings. The number of halogens is 3. The standard InChI is InChI=1S/C11H15F3N4O7S/c1-10(2)3-5(7(19)15-16-8(20)11(12,13)14)17-4-6(10)18(9(17)21)25-26(22,23)24/h5-6H,3-4H2,1-2H3,(H,15,19)(H,16,20)(H,22,23,24)/t5-,6-/m0/s1. The average Bonchev–Trinajstić information content (AvgIpc) is 2.74. The van der Waals surface area contributed by atoms with Crippen molar-refractivity contribution in [1.29, 1.82) is 0 Å². The number of carbonyl (C=O) groups excluding carboxylic acids is 3. The van der Waals surface area contributed by atoms with Crippen molar-refractivity contribution in [2.45, 2.75) is 38.5 Å². The summed E-state index contributed by atoms with van der Waals surface area (Å²) in [5.41, 5.74) is 1.87. The summed E-state index contributed by atoms with van der Waals surface area (Å²) in [6, 6.07) is -3.21. The summed E-state index contributed by atoms with van der Waals surface area (Å²) in [6.45, 7) is 2.97. The molecule has 2 atom stereocenters. The van der Waals surface area contributed by atoms with E-state index in [1.807, 2.05) is 0 Å². The number of fused-ring (bicyclic) bond motifs is 2. The zero-order chi connectivity index (χ0) is 20.1. The Bertz CT molecular complexity index is 739. The Labute approximate surface area is 145 Å². The summed E-state index contributed by atoms with van der Waals surface area (Å²) in [6.07, 6.45) is -5.28. The first-order valence-corrected chi connectivity index (χ1v) is 8.44. The molecule has 2 aliphatic heterocycles. The normalized spacial score (nSPS) is 25.2. The van der Waals surface area contributed by atoms with Crippen molar-refractivity contribution < 1.29 is 44.8 Å². The molecule has 0 saturated carbocycles. The molecule has 26 heavy (non-hydrogen) atoms. The van der Waals surface area contributed by atoms with E-state index in [-0.39, 0.29) is 13.0 Å². The van der Waals surface area contributed by atoms with Gasteiger partial charge in [-0.05, 0) is 11.8 Å². The van der Waals surface area contributed by atoms with E-state index in [4.69, 9.17) is 4.55 Å². The number of nitrogens with zero attached hydrogens (tertiary/aromatic N) is 2. The van der Waals surface area contributed by atoms with Crippen molar-refractivity contribution in [2.24, 2.45) is 5.41 Å². The number of rotatable bonds is 3. The Morgan fingerprint density at radius 3 is 2.38 bits per heavy atom. The number of hydrogen-bond donors (Lipinski definition) is 3. The van der Waals surface area contributed by atoms with Gasteiger partial charge in [0.25, 0.3) is 5.91 Å². The van der Waals surface area contributed by atoms with Crippen LogP contribution in [-0.2, 0) is 24.3 Å². The van der Waals surface area contributed by atoms with Crippen LogP contribution >= 0.6 is 0 Å². The molecular weight excluding hydrogens is 389 g/mol. The van der Waals surface area contributed by atoms with Crippen LogP contribution < -0.4 is 10.9 Å². The molecule has 0 aromatic rings. The molecule has 15 heteroatoms. The molecule has 148 valence electrons. The van der Waals surface area contributed by atoms with Crippen LogP contribution in [0.5, 0.6) is 0 Å². The minimum absolute atomic E-state index is 0.0670. The lowest BCUT2D eigenvalue weighted by Crippen LogP contribution is -2.58. The third-order valence-electron chi connectivity index (χ3n) is 4.12. The SMILES string of the molecule is CC1(C)C[C@@H](C(=O)NNC(=O)C(F)(F)F)N2C[C@@H]1N(OS(=O)(=O)O)C2=O. The fourth-order valence-corrected chi connectivity index (χ4v) is 3.23. The van der Waals surface area contributed by atoms with E-state index in [2.05, 4.69) is 4.28 Å². The zero-order valence-corrected chi connectivity index (χ0v) is 14.2. The molecule has 2 saturated heterocycles. The minimum Gasteiger partial charge on any atom is -0.309 e. The zero-order valence-electron chi connectivity index (χ0n) is 13.4. The Morgan fingerprint density at radius 1 is 1.31 bits per heavy atom. The summed E-state index contributed by atoms with van der Waals surface area (Å²) in [7, 11) is -5.01. The van der Waals surface area contributed by atoms with E-state index in [0.717, 1.165) is 4.90 Å². The number of hydroxylamine groups is 2. The monoisotopic (exact) mass is 404 g/mol. The van der Waals surface area contributed by atoms with Gasteiger partial charge in [0.15, 0.2) is 0 Å². The van der Waals surface area contributed by atoms with Crippen LogP contribution in [-0.4, -0.2) is 65.6 Å². The molecule has 11 nitrogen and oxygen atoms in total. The van der Waals surface area contributed by atoms with Crippen LogP contribution in [0.4, 0.5) is 18.0 Å². The molecule has 0 aromatic heterocycles. The highest BCUT2D eigenvalue weighted by Gasteiger charge is 2.57. The fourth-order valence-electron chi connectivity index (χ4n) is 2.86. The van der Waals surface area contributed by atoms with Gasteiger partial charge in [0.1, 0.15) is 6.04 Å². The largest absolute Gasteiger partial charge is 0.472 e. The summed E-state index contributed by atoms with van der Waals surface area (Å²) in [5, 5.41) is 0.400. The fraction of sp³-hybridized carbons (Fsp3) is 0.727. The minimum atomic E-state index is -5.21. The van der Waals surface area contributed by atoms with Crippen molar-refractivity contribution in [1.82, 2.24) is 20.8 Å². The summed E-state index contributed by atoms with van der Waals surface area (Å²) < 4.78 is 71.3. The quantitative estimate of drug-likeness (QED) is 0.418. The van der Waals surface area contributed by atoms with Crippen LogP contribution in [0.25, 0.3) is 0 Å². The molecule has 2 bridgehead atoms. The Hall–Kier alpha value is -2.13. The maximum Gasteiger partial charge on any atom is 0.472 e. The van der Waals surface area contributed by atoms with Gasteiger partial charge < -0.3 is 4.90 Å². The highest BCUT2D eigenvalue weighted by atomic mass is 32.3. The van der Waals surface area contributed by atoms with Gasteiger partial charge in [0.2, 0.25) is 0 Å². The van der Waals surface area contributed by atoms with Crippen molar-refractivity contribution in [3.63, 3.8) is 0 Å². The topological polar surface area (TPSA) is 145 Å². The lowest BCUT2D eigenvalue weighted by Gasteiger charge is -2.40. The first-order valence-electron chi connectivity index (χ1n) is 7.07. The maximum absolute atomic E-state index is 12.3. The van der Waals surface area contributed by atoms with Gasteiger partial charge in [-0.3, -0.25) is 25.0 Å². The first kappa shape index (κ1) is 20.2. The number of hydrogen-bond acceptors (Lipinski definition) is 6. The van der Waals surface area contributed by atoms with Crippen molar-refractivity contribution in [2.75, 3.05) is 6.54 Å². The van der Waals surface area contributed by atoms with E-state index in [1.165, 1.54) is 5.43 Å². The second kappa shape index (κ2) is 6.24. The van der Waals surface area contributed by atoms with Gasteiger partial charge >= 0.3 is 28.5 Å². The molecule has 0 spiro atoms. The van der Waals surface area contributed by atoms with E-state index < -0.39 is 51.9 Å². The van der Waals surface area contributed by atoms with E-state index in [9.17, 15) is 36.0 Å². The number of nitrogens with one attached hydrogen (secondary N) is 2. The van der Waals surface area contributed by atoms with Crippen molar-refractivity contribution >= 4 is 28.2 Å². The Balaban J connectivity index is 2.16.